The first-order valence-electron chi connectivity index (χ1n) is 7.78. The van der Waals surface area contributed by atoms with Gasteiger partial charge in [0.25, 0.3) is 5.79 Å². The van der Waals surface area contributed by atoms with Crippen molar-refractivity contribution in [2.45, 2.75) is 68.0 Å². The summed E-state index contributed by atoms with van der Waals surface area (Å²) in [6.45, 7) is 1.70. The fourth-order valence-corrected chi connectivity index (χ4v) is 3.68. The van der Waals surface area contributed by atoms with E-state index >= 15 is 0 Å². The molecule has 2 saturated heterocycles. The lowest BCUT2D eigenvalue weighted by molar-refractivity contribution is -0.420. The van der Waals surface area contributed by atoms with Crippen LogP contribution in [0.3, 0.4) is 0 Å². The Morgan fingerprint density at radius 2 is 1.71 bits per heavy atom. The number of halogens is 1. The van der Waals surface area contributed by atoms with E-state index in [2.05, 4.69) is 10.6 Å². The van der Waals surface area contributed by atoms with Crippen LogP contribution in [0.2, 0.25) is 0 Å². The number of aliphatic hydroxyl groups excluding tert-OH is 2. The van der Waals surface area contributed by atoms with Gasteiger partial charge in [0.1, 0.15) is 18.3 Å². The second-order valence-corrected chi connectivity index (χ2v) is 6.40. The van der Waals surface area contributed by atoms with Crippen LogP contribution in [0.1, 0.15) is 13.3 Å². The third kappa shape index (κ3) is 2.87. The van der Waals surface area contributed by atoms with Crippen LogP contribution in [-0.2, 0) is 19.0 Å². The first-order valence-corrected chi connectivity index (χ1v) is 7.78. The topological polar surface area (TPSA) is 130 Å². The molecule has 24 heavy (non-hydrogen) atoms. The van der Waals surface area contributed by atoms with Gasteiger partial charge < -0.3 is 40.2 Å². The molecule has 0 aromatic carbocycles. The minimum Gasteiger partial charge on any atom is -0.390 e. The molecule has 0 unspecified atom stereocenters. The zero-order chi connectivity index (χ0) is 16.9. The van der Waals surface area contributed by atoms with E-state index in [0.717, 1.165) is 0 Å². The molecule has 5 N–H and O–H groups in total. The van der Waals surface area contributed by atoms with Crippen molar-refractivity contribution in [2.75, 3.05) is 14.1 Å². The third-order valence-corrected chi connectivity index (χ3v) is 4.93. The number of ether oxygens (including phenoxy) is 3. The van der Waals surface area contributed by atoms with Crippen LogP contribution in [0, 0.1) is 0 Å². The molecule has 2 heterocycles. The summed E-state index contributed by atoms with van der Waals surface area (Å²) in [6, 6.07) is -1.29. The zero-order valence-electron chi connectivity index (χ0n) is 13.7. The fourth-order valence-electron chi connectivity index (χ4n) is 3.68. The molecular weight excluding hydrogens is 344 g/mol. The second kappa shape index (κ2) is 7.10. The van der Waals surface area contributed by atoms with Gasteiger partial charge in [-0.3, -0.25) is 4.79 Å². The molecule has 3 rings (SSSR count). The number of hydrogen-bond donors (Lipinski definition) is 5. The monoisotopic (exact) mass is 368 g/mol. The normalized spacial score (nSPS) is 51.3. The van der Waals surface area contributed by atoms with Crippen molar-refractivity contribution in [2.24, 2.45) is 0 Å². The summed E-state index contributed by atoms with van der Waals surface area (Å²) < 4.78 is 16.8. The van der Waals surface area contributed by atoms with E-state index < -0.39 is 60.5 Å². The van der Waals surface area contributed by atoms with E-state index in [1.165, 1.54) is 0 Å². The average molecular weight is 369 g/mol. The van der Waals surface area contributed by atoms with Gasteiger partial charge in [-0.1, -0.05) is 0 Å². The number of aliphatic hydroxyl groups is 3. The summed E-state index contributed by atoms with van der Waals surface area (Å²) in [7, 11) is 3.24. The molecular formula is C14H25ClN2O7. The quantitative estimate of drug-likeness (QED) is 0.359. The molecule has 0 bridgehead atoms. The minimum absolute atomic E-state index is 0. The van der Waals surface area contributed by atoms with Gasteiger partial charge in [0.2, 0.25) is 6.29 Å². The molecule has 0 aromatic heterocycles. The summed E-state index contributed by atoms with van der Waals surface area (Å²) >= 11 is 0. The van der Waals surface area contributed by atoms with Crippen molar-refractivity contribution >= 4 is 18.2 Å². The largest absolute Gasteiger partial charge is 0.390 e. The van der Waals surface area contributed by atoms with Gasteiger partial charge in [-0.05, 0) is 21.0 Å². The Balaban J connectivity index is 0.00000208. The highest BCUT2D eigenvalue weighted by atomic mass is 35.5. The number of hydrogen-bond acceptors (Lipinski definition) is 9. The van der Waals surface area contributed by atoms with Crippen molar-refractivity contribution in [1.29, 1.82) is 0 Å². The fraction of sp³-hybridized carbons (Fsp3) is 0.929. The van der Waals surface area contributed by atoms with Gasteiger partial charge in [-0.2, -0.15) is 0 Å². The molecule has 0 aromatic rings. The Labute approximate surface area is 146 Å². The van der Waals surface area contributed by atoms with Crippen LogP contribution in [-0.4, -0.2) is 89.9 Å². The van der Waals surface area contributed by atoms with E-state index in [0.29, 0.717) is 0 Å². The van der Waals surface area contributed by atoms with Gasteiger partial charge in [-0.25, -0.2) is 0 Å². The van der Waals surface area contributed by atoms with Crippen LogP contribution < -0.4 is 10.6 Å². The maximum atomic E-state index is 12.2. The van der Waals surface area contributed by atoms with E-state index in [1.54, 1.807) is 21.0 Å². The van der Waals surface area contributed by atoms with E-state index in [9.17, 15) is 20.1 Å². The summed E-state index contributed by atoms with van der Waals surface area (Å²) in [5.41, 5.74) is 0. The lowest BCUT2D eigenvalue weighted by Crippen LogP contribution is -2.77. The summed E-state index contributed by atoms with van der Waals surface area (Å²) in [6.07, 6.45) is -5.58. The maximum absolute atomic E-state index is 12.2. The molecule has 0 spiro atoms. The Hall–Kier alpha value is -0.360. The highest BCUT2D eigenvalue weighted by Crippen LogP contribution is 2.40. The van der Waals surface area contributed by atoms with E-state index in [1.807, 2.05) is 0 Å². The molecule has 10 heteroatoms. The lowest BCUT2D eigenvalue weighted by Gasteiger charge is -2.55. The van der Waals surface area contributed by atoms with Crippen molar-refractivity contribution < 1.29 is 34.3 Å². The van der Waals surface area contributed by atoms with Crippen LogP contribution in [0.15, 0.2) is 0 Å². The van der Waals surface area contributed by atoms with Crippen molar-refractivity contribution in [1.82, 2.24) is 10.6 Å². The number of Topliss-reactive ketones (excluding diaryl/α,β-unsaturated/α-hetero) is 1. The number of carbonyl (C=O) groups excluding carboxylic acids is 1. The zero-order valence-corrected chi connectivity index (χ0v) is 14.5. The SMILES string of the molecule is CN[C@@H]1[C@@H](O)[C@H](NC)[C@H]2O[C@@]3(O)C(=O)C[C@@H](C)O[C@H]3O[C@@H]2[C@H]1O.Cl. The van der Waals surface area contributed by atoms with E-state index in [-0.39, 0.29) is 18.8 Å². The number of fused-ring (bicyclic) bond motifs is 2. The molecule has 9 atom stereocenters. The number of nitrogens with one attached hydrogen (secondary N) is 2. The van der Waals surface area contributed by atoms with Crippen LogP contribution in [0.25, 0.3) is 0 Å². The molecule has 1 aliphatic carbocycles. The summed E-state index contributed by atoms with van der Waals surface area (Å²) in [4.78, 5) is 12.2. The highest BCUT2D eigenvalue weighted by Gasteiger charge is 2.63. The molecule has 140 valence electrons. The average Bonchev–Trinajstić information content (AvgIpc) is 2.49. The van der Waals surface area contributed by atoms with Gasteiger partial charge >= 0.3 is 0 Å². The lowest BCUT2D eigenvalue weighted by atomic mass is 9.80. The molecule has 9 nitrogen and oxygen atoms in total. The van der Waals surface area contributed by atoms with Crippen molar-refractivity contribution in [3.63, 3.8) is 0 Å². The first-order chi connectivity index (χ1) is 10.8. The Morgan fingerprint density at radius 1 is 1.08 bits per heavy atom. The third-order valence-electron chi connectivity index (χ3n) is 4.93. The van der Waals surface area contributed by atoms with Crippen LogP contribution in [0.5, 0.6) is 0 Å². The van der Waals surface area contributed by atoms with Crippen LogP contribution >= 0.6 is 12.4 Å². The highest BCUT2D eigenvalue weighted by molar-refractivity contribution is 5.87. The molecule has 3 aliphatic rings. The molecule has 0 radical (unpaired) electrons. The standard InChI is InChI=1S/C14H24N2O7.ClH/c1-5-4-6(17)14(20)13(21-5)22-12-10(19)7(15-2)9(18)8(16-3)11(12)23-14;/h5,7-13,15-16,18-20H,4H2,1-3H3;1H/t5-,7-,8+,9-,10+,11-,12-,13+,14+;/m1./s1. The van der Waals surface area contributed by atoms with E-state index in [4.69, 9.17) is 14.2 Å². The smallest absolute Gasteiger partial charge is 0.280 e. The predicted octanol–water partition coefficient (Wildman–Crippen LogP) is -2.50. The Bertz CT molecular complexity index is 484. The van der Waals surface area contributed by atoms with Crippen LogP contribution in [0.4, 0.5) is 0 Å². The maximum Gasteiger partial charge on any atom is 0.280 e. The number of carbonyl (C=O) groups is 1. The second-order valence-electron chi connectivity index (χ2n) is 6.40. The first kappa shape index (κ1) is 20.0. The Kier molecular flexibility index (Phi) is 5.91. The summed E-state index contributed by atoms with van der Waals surface area (Å²) in [5.74, 6) is -2.76. The summed E-state index contributed by atoms with van der Waals surface area (Å²) in [5, 5.41) is 37.2. The number of likely N-dealkylation sites (N-methyl/N-ethyl adjacent to an activating group) is 2. The van der Waals surface area contributed by atoms with Gasteiger partial charge in [0.05, 0.1) is 24.3 Å². The van der Waals surface area contributed by atoms with Crippen molar-refractivity contribution in [3.05, 3.63) is 0 Å². The number of ketones is 1. The molecule has 0 amide bonds. The van der Waals surface area contributed by atoms with Crippen molar-refractivity contribution in [3.8, 4) is 0 Å². The predicted molar refractivity (Wildman–Crippen MR) is 83.6 cm³/mol. The van der Waals surface area contributed by atoms with Gasteiger partial charge in [0.15, 0.2) is 5.78 Å². The number of rotatable bonds is 2. The molecule has 2 aliphatic heterocycles. The van der Waals surface area contributed by atoms with Gasteiger partial charge in [0, 0.05) is 6.42 Å². The van der Waals surface area contributed by atoms with Gasteiger partial charge in [-0.15, -0.1) is 12.4 Å². The Morgan fingerprint density at radius 3 is 2.29 bits per heavy atom. The minimum atomic E-state index is -2.23. The molecule has 1 saturated carbocycles. The molecule has 3 fully saturated rings.